The van der Waals surface area contributed by atoms with Crippen molar-refractivity contribution in [3.63, 3.8) is 0 Å². The summed E-state index contributed by atoms with van der Waals surface area (Å²) in [6, 6.07) is 0. The van der Waals surface area contributed by atoms with Crippen molar-refractivity contribution in [3.05, 3.63) is 0 Å². The van der Waals surface area contributed by atoms with Gasteiger partial charge in [-0.05, 0) is 12.2 Å². The van der Waals surface area contributed by atoms with E-state index in [1.54, 1.807) is 0 Å². The Bertz CT molecular complexity index is 97.2. The first-order valence-electron chi connectivity index (χ1n) is 1.68. The van der Waals surface area contributed by atoms with Crippen molar-refractivity contribution in [1.82, 2.24) is 0 Å². The maximum Gasteiger partial charge on any atom is 0.397 e. The summed E-state index contributed by atoms with van der Waals surface area (Å²) in [5.74, 6) is 0. The summed E-state index contributed by atoms with van der Waals surface area (Å²) >= 11 is 3.67. The van der Waals surface area contributed by atoms with Crippen LogP contribution in [-0.4, -0.2) is 11.2 Å². The zero-order valence-corrected chi connectivity index (χ0v) is 4.47. The van der Waals surface area contributed by atoms with Crippen LogP contribution in [0.5, 0.6) is 0 Å². The Labute approximate surface area is 49.1 Å². The minimum atomic E-state index is -4.43. The third-order valence-corrected chi connectivity index (χ3v) is 0.489. The van der Waals surface area contributed by atoms with Crippen LogP contribution >= 0.6 is 12.2 Å². The molecule has 0 aromatic rings. The second-order valence-electron chi connectivity index (χ2n) is 1.16. The molecule has 0 spiro atoms. The van der Waals surface area contributed by atoms with E-state index in [-0.39, 0.29) is 0 Å². The highest BCUT2D eigenvalue weighted by atomic mass is 32.1. The molecule has 47 valence electrons. The Kier molecular flexibility index (Phi) is 2.21. The average Bonchev–Trinajstić information content (AvgIpc) is 1.21. The lowest BCUT2D eigenvalue weighted by Gasteiger charge is -1.98. The Morgan fingerprint density at radius 2 is 1.88 bits per heavy atom. The van der Waals surface area contributed by atoms with Crippen molar-refractivity contribution in [3.8, 4) is 0 Å². The highest BCUT2D eigenvalue weighted by Crippen LogP contribution is 2.19. The average molecular weight is 143 g/mol. The molecule has 0 N–H and O–H groups in total. The number of alkyl halides is 3. The minimum Gasteiger partial charge on any atom is -0.282 e. The van der Waals surface area contributed by atoms with E-state index in [0.29, 0.717) is 0 Å². The fraction of sp³-hybridized carbons (Fsp3) is 0.667. The van der Waals surface area contributed by atoms with Gasteiger partial charge in [0.25, 0.3) is 0 Å². The van der Waals surface area contributed by atoms with Crippen LogP contribution in [0.4, 0.5) is 13.2 Å². The van der Waals surface area contributed by atoms with Crippen molar-refractivity contribution < 1.29 is 18.3 Å². The van der Waals surface area contributed by atoms with Crippen LogP contribution in [0, 0.1) is 0 Å². The van der Waals surface area contributed by atoms with Gasteiger partial charge in [-0.15, -0.1) is 0 Å². The molecule has 0 aliphatic rings. The van der Waals surface area contributed by atoms with Gasteiger partial charge >= 0.3 is 6.18 Å². The van der Waals surface area contributed by atoms with Gasteiger partial charge in [0.1, 0.15) is 6.42 Å². The van der Waals surface area contributed by atoms with Crippen molar-refractivity contribution in [2.45, 2.75) is 12.6 Å². The molecule has 5 heteroatoms. The molecule has 0 heterocycles. The van der Waals surface area contributed by atoms with Gasteiger partial charge in [0.2, 0.25) is 5.05 Å². The van der Waals surface area contributed by atoms with E-state index < -0.39 is 17.6 Å². The predicted molar refractivity (Wildman–Crippen MR) is 24.0 cm³/mol. The number of thiocarbonyl (C=S) groups is 1. The van der Waals surface area contributed by atoms with Crippen LogP contribution < -0.4 is 0 Å². The topological polar surface area (TPSA) is 19.9 Å². The molecular weight excluding hydrogens is 141 g/mol. The van der Waals surface area contributed by atoms with Crippen LogP contribution in [0.25, 0.3) is 0 Å². The second-order valence-corrected chi connectivity index (χ2v) is 1.62. The maximum atomic E-state index is 11.0. The molecule has 0 rings (SSSR count). The molecule has 0 amide bonds. The Morgan fingerprint density at radius 1 is 1.50 bits per heavy atom. The van der Waals surface area contributed by atoms with Crippen LogP contribution in [0.1, 0.15) is 6.42 Å². The van der Waals surface area contributed by atoms with Crippen molar-refractivity contribution in [2.24, 2.45) is 0 Å². The highest BCUT2D eigenvalue weighted by Gasteiger charge is 2.29. The molecule has 0 atom stereocenters. The van der Waals surface area contributed by atoms with Crippen LogP contribution in [0.15, 0.2) is 0 Å². The van der Waals surface area contributed by atoms with E-state index in [1.807, 2.05) is 0 Å². The molecule has 8 heavy (non-hydrogen) atoms. The summed E-state index contributed by atoms with van der Waals surface area (Å²) in [5.41, 5.74) is 0. The van der Waals surface area contributed by atoms with Crippen molar-refractivity contribution in [2.75, 3.05) is 0 Å². The molecule has 0 aromatic heterocycles. The van der Waals surface area contributed by atoms with Gasteiger partial charge in [-0.3, -0.25) is 5.11 Å². The maximum absolute atomic E-state index is 11.0. The minimum absolute atomic E-state index is 1.27. The van der Waals surface area contributed by atoms with E-state index in [4.69, 9.17) is 0 Å². The molecule has 0 unspecified atom stereocenters. The van der Waals surface area contributed by atoms with Gasteiger partial charge in [-0.1, -0.05) is 0 Å². The highest BCUT2D eigenvalue weighted by molar-refractivity contribution is 7.80. The first-order chi connectivity index (χ1) is 3.42. The van der Waals surface area contributed by atoms with Crippen LogP contribution in [0.3, 0.4) is 0 Å². The summed E-state index contributed by atoms with van der Waals surface area (Å²) in [6.45, 7) is 0. The van der Waals surface area contributed by atoms with E-state index in [0.717, 1.165) is 0 Å². The zero-order chi connectivity index (χ0) is 6.78. The molecule has 0 saturated heterocycles. The van der Waals surface area contributed by atoms with Gasteiger partial charge in [-0.25, -0.2) is 0 Å². The SMILES string of the molecule is [O]C(=S)CC(F)(F)F. The number of halogens is 3. The lowest BCUT2D eigenvalue weighted by Crippen LogP contribution is -2.11. The standard InChI is InChI=1S/C3H2F3OS/c4-3(5,6)1-2(7)8/h1H2. The monoisotopic (exact) mass is 143 g/mol. The fourth-order valence-corrected chi connectivity index (χ4v) is 0.327. The lowest BCUT2D eigenvalue weighted by atomic mass is 10.4. The summed E-state index contributed by atoms with van der Waals surface area (Å²) in [5, 5.41) is 8.29. The quantitative estimate of drug-likeness (QED) is 0.511. The first kappa shape index (κ1) is 7.68. The molecule has 0 aliphatic carbocycles. The summed E-state index contributed by atoms with van der Waals surface area (Å²) in [4.78, 5) is 0. The molecule has 0 aromatic carbocycles. The zero-order valence-electron chi connectivity index (χ0n) is 3.66. The normalized spacial score (nSPS) is 11.4. The predicted octanol–water partition coefficient (Wildman–Crippen LogP) is 1.70. The Hall–Kier alpha value is -0.320. The van der Waals surface area contributed by atoms with Gasteiger partial charge in [0, 0.05) is 0 Å². The third-order valence-electron chi connectivity index (χ3n) is 0.345. The van der Waals surface area contributed by atoms with Crippen LogP contribution in [0.2, 0.25) is 0 Å². The fourth-order valence-electron chi connectivity index (χ4n) is 0.164. The molecule has 0 fully saturated rings. The molecule has 1 nitrogen and oxygen atoms in total. The molecule has 0 saturated carbocycles. The summed E-state index contributed by atoms with van der Waals surface area (Å²) in [6.07, 6.45) is -5.93. The van der Waals surface area contributed by atoms with E-state index in [1.165, 1.54) is 0 Å². The van der Waals surface area contributed by atoms with E-state index >= 15 is 0 Å². The molecule has 1 radical (unpaired) electrons. The number of hydrogen-bond acceptors (Lipinski definition) is 1. The van der Waals surface area contributed by atoms with E-state index in [9.17, 15) is 18.3 Å². The molecular formula is C3H2F3OS. The molecule has 0 bridgehead atoms. The smallest absolute Gasteiger partial charge is 0.282 e. The van der Waals surface area contributed by atoms with E-state index in [2.05, 4.69) is 12.2 Å². The number of hydrogen-bond donors (Lipinski definition) is 0. The van der Waals surface area contributed by atoms with Crippen molar-refractivity contribution in [1.29, 1.82) is 0 Å². The lowest BCUT2D eigenvalue weighted by molar-refractivity contribution is -0.123. The summed E-state index contributed by atoms with van der Waals surface area (Å²) in [7, 11) is 0. The summed E-state index contributed by atoms with van der Waals surface area (Å²) < 4.78 is 33.1. The second kappa shape index (κ2) is 2.30. The number of rotatable bonds is 1. The first-order valence-corrected chi connectivity index (χ1v) is 2.09. The largest absolute Gasteiger partial charge is 0.397 e. The van der Waals surface area contributed by atoms with Gasteiger partial charge < -0.3 is 0 Å². The van der Waals surface area contributed by atoms with Gasteiger partial charge in [0.05, 0.1) is 0 Å². The van der Waals surface area contributed by atoms with Crippen molar-refractivity contribution >= 4 is 17.3 Å². The van der Waals surface area contributed by atoms with Crippen LogP contribution in [-0.2, 0) is 5.11 Å². The van der Waals surface area contributed by atoms with Gasteiger partial charge in [-0.2, -0.15) is 13.2 Å². The molecule has 0 aliphatic heterocycles. The Morgan fingerprint density at radius 3 is 1.88 bits per heavy atom. The van der Waals surface area contributed by atoms with Gasteiger partial charge in [0.15, 0.2) is 0 Å². The Balaban J connectivity index is 3.55. The third kappa shape index (κ3) is 5.68.